The summed E-state index contributed by atoms with van der Waals surface area (Å²) in [5, 5.41) is 7.33. The fraction of sp³-hybridized carbons (Fsp3) is 0.200. The second kappa shape index (κ2) is 4.93. The molecular formula is C10H11BrN4. The molecule has 78 valence electrons. The molecule has 0 unspecified atom stereocenters. The summed E-state index contributed by atoms with van der Waals surface area (Å²) in [5.74, 6) is 0.880. The summed E-state index contributed by atoms with van der Waals surface area (Å²) in [6, 6.07) is 5.81. The van der Waals surface area contributed by atoms with Gasteiger partial charge in [0.1, 0.15) is 5.82 Å². The fourth-order valence-electron chi connectivity index (χ4n) is 1.21. The van der Waals surface area contributed by atoms with E-state index < -0.39 is 0 Å². The van der Waals surface area contributed by atoms with Crippen LogP contribution in [0.1, 0.15) is 0 Å². The Morgan fingerprint density at radius 2 is 2.33 bits per heavy atom. The normalized spacial score (nSPS) is 10.2. The van der Waals surface area contributed by atoms with Gasteiger partial charge in [-0.2, -0.15) is 5.10 Å². The van der Waals surface area contributed by atoms with Gasteiger partial charge >= 0.3 is 0 Å². The highest BCUT2D eigenvalue weighted by Crippen LogP contribution is 2.09. The van der Waals surface area contributed by atoms with Gasteiger partial charge in [-0.25, -0.2) is 4.98 Å². The number of nitrogens with zero attached hydrogens (tertiary/aromatic N) is 3. The first-order chi connectivity index (χ1) is 7.34. The van der Waals surface area contributed by atoms with Crippen LogP contribution in [0, 0.1) is 0 Å². The first kappa shape index (κ1) is 10.2. The van der Waals surface area contributed by atoms with Gasteiger partial charge in [0.05, 0.1) is 6.54 Å². The summed E-state index contributed by atoms with van der Waals surface area (Å²) in [6.07, 6.45) is 5.49. The maximum atomic E-state index is 4.21. The molecule has 0 fully saturated rings. The Balaban J connectivity index is 1.81. The van der Waals surface area contributed by atoms with Gasteiger partial charge in [-0.3, -0.25) is 4.68 Å². The second-order valence-corrected chi connectivity index (χ2v) is 3.97. The van der Waals surface area contributed by atoms with Crippen LogP contribution in [0.15, 0.2) is 41.3 Å². The summed E-state index contributed by atoms with van der Waals surface area (Å²) in [5.41, 5.74) is 0. The average molecular weight is 267 g/mol. The van der Waals surface area contributed by atoms with Crippen LogP contribution in [-0.4, -0.2) is 21.3 Å². The minimum Gasteiger partial charge on any atom is -0.368 e. The Kier molecular flexibility index (Phi) is 3.34. The van der Waals surface area contributed by atoms with Gasteiger partial charge in [-0.1, -0.05) is 0 Å². The van der Waals surface area contributed by atoms with Crippen molar-refractivity contribution >= 4 is 21.7 Å². The molecule has 0 radical (unpaired) electrons. The molecular weight excluding hydrogens is 256 g/mol. The van der Waals surface area contributed by atoms with Gasteiger partial charge in [0.2, 0.25) is 0 Å². The lowest BCUT2D eigenvalue weighted by molar-refractivity contribution is 0.637. The van der Waals surface area contributed by atoms with Crippen LogP contribution in [0.2, 0.25) is 0 Å². The SMILES string of the molecule is Brc1ccc(NCCn2cccn2)nc1. The molecule has 15 heavy (non-hydrogen) atoms. The van der Waals surface area contributed by atoms with Crippen molar-refractivity contribution in [1.82, 2.24) is 14.8 Å². The molecule has 0 aromatic carbocycles. The first-order valence-corrected chi connectivity index (χ1v) is 5.47. The molecule has 0 saturated heterocycles. The Morgan fingerprint density at radius 1 is 1.40 bits per heavy atom. The Morgan fingerprint density at radius 3 is 3.00 bits per heavy atom. The van der Waals surface area contributed by atoms with Crippen molar-refractivity contribution in [3.05, 3.63) is 41.3 Å². The second-order valence-electron chi connectivity index (χ2n) is 3.06. The van der Waals surface area contributed by atoms with E-state index in [1.165, 1.54) is 0 Å². The van der Waals surface area contributed by atoms with Crippen LogP contribution in [-0.2, 0) is 6.54 Å². The third-order valence-electron chi connectivity index (χ3n) is 1.93. The molecule has 0 amide bonds. The standard InChI is InChI=1S/C10H11BrN4/c11-9-2-3-10(13-8-9)12-5-7-15-6-1-4-14-15/h1-4,6,8H,5,7H2,(H,12,13). The molecule has 2 heterocycles. The predicted molar refractivity (Wildman–Crippen MR) is 62.7 cm³/mol. The van der Waals surface area contributed by atoms with E-state index in [1.54, 1.807) is 12.4 Å². The van der Waals surface area contributed by atoms with Gasteiger partial charge in [0.25, 0.3) is 0 Å². The number of pyridine rings is 1. The van der Waals surface area contributed by atoms with E-state index in [2.05, 4.69) is 31.3 Å². The van der Waals surface area contributed by atoms with Crippen molar-refractivity contribution in [2.45, 2.75) is 6.54 Å². The molecule has 2 rings (SSSR count). The minimum absolute atomic E-state index is 0.816. The van der Waals surface area contributed by atoms with Crippen molar-refractivity contribution in [3.63, 3.8) is 0 Å². The summed E-state index contributed by atoms with van der Waals surface area (Å²) in [7, 11) is 0. The van der Waals surface area contributed by atoms with Gasteiger partial charge < -0.3 is 5.32 Å². The van der Waals surface area contributed by atoms with Gasteiger partial charge in [0, 0.05) is 29.6 Å². The number of nitrogens with one attached hydrogen (secondary N) is 1. The average Bonchev–Trinajstić information content (AvgIpc) is 2.74. The topological polar surface area (TPSA) is 42.7 Å². The summed E-state index contributed by atoms with van der Waals surface area (Å²) in [4.78, 5) is 4.21. The van der Waals surface area contributed by atoms with Crippen molar-refractivity contribution < 1.29 is 0 Å². The smallest absolute Gasteiger partial charge is 0.126 e. The van der Waals surface area contributed by atoms with E-state index in [9.17, 15) is 0 Å². The number of halogens is 1. The van der Waals surface area contributed by atoms with Crippen LogP contribution < -0.4 is 5.32 Å². The number of anilines is 1. The zero-order valence-corrected chi connectivity index (χ0v) is 9.68. The number of rotatable bonds is 4. The van der Waals surface area contributed by atoms with Gasteiger partial charge in [-0.15, -0.1) is 0 Å². The Labute approximate surface area is 96.5 Å². The molecule has 1 N–H and O–H groups in total. The molecule has 0 bridgehead atoms. The van der Waals surface area contributed by atoms with Gasteiger partial charge in [-0.05, 0) is 34.1 Å². The Hall–Kier alpha value is -1.36. The third-order valence-corrected chi connectivity index (χ3v) is 2.40. The molecule has 0 aliphatic carbocycles. The van der Waals surface area contributed by atoms with Gasteiger partial charge in [0.15, 0.2) is 0 Å². The molecule has 0 aliphatic rings. The molecule has 0 saturated carbocycles. The Bertz CT molecular complexity index is 396. The molecule has 0 atom stereocenters. The zero-order chi connectivity index (χ0) is 10.5. The quantitative estimate of drug-likeness (QED) is 0.923. The summed E-state index contributed by atoms with van der Waals surface area (Å²) >= 11 is 3.34. The van der Waals surface area contributed by atoms with E-state index in [1.807, 2.05) is 29.1 Å². The fourth-order valence-corrected chi connectivity index (χ4v) is 1.45. The summed E-state index contributed by atoms with van der Waals surface area (Å²) < 4.78 is 2.87. The van der Waals surface area contributed by atoms with Crippen molar-refractivity contribution in [3.8, 4) is 0 Å². The molecule has 2 aromatic rings. The lowest BCUT2D eigenvalue weighted by Gasteiger charge is -2.05. The van der Waals surface area contributed by atoms with Crippen LogP contribution in [0.5, 0.6) is 0 Å². The number of hydrogen-bond acceptors (Lipinski definition) is 3. The van der Waals surface area contributed by atoms with Crippen molar-refractivity contribution in [2.75, 3.05) is 11.9 Å². The summed E-state index contributed by atoms with van der Waals surface area (Å²) in [6.45, 7) is 1.65. The number of aromatic nitrogens is 3. The van der Waals surface area contributed by atoms with Crippen LogP contribution in [0.3, 0.4) is 0 Å². The lowest BCUT2D eigenvalue weighted by Crippen LogP contribution is -2.11. The maximum absolute atomic E-state index is 4.21. The van der Waals surface area contributed by atoms with E-state index in [0.29, 0.717) is 0 Å². The van der Waals surface area contributed by atoms with E-state index >= 15 is 0 Å². The maximum Gasteiger partial charge on any atom is 0.126 e. The van der Waals surface area contributed by atoms with Crippen molar-refractivity contribution in [2.24, 2.45) is 0 Å². The van der Waals surface area contributed by atoms with Crippen molar-refractivity contribution in [1.29, 1.82) is 0 Å². The van der Waals surface area contributed by atoms with Crippen LogP contribution in [0.25, 0.3) is 0 Å². The highest BCUT2D eigenvalue weighted by molar-refractivity contribution is 9.10. The first-order valence-electron chi connectivity index (χ1n) is 4.67. The highest BCUT2D eigenvalue weighted by atomic mass is 79.9. The van der Waals surface area contributed by atoms with E-state index in [4.69, 9.17) is 0 Å². The highest BCUT2D eigenvalue weighted by Gasteiger charge is 1.93. The predicted octanol–water partition coefficient (Wildman–Crippen LogP) is 2.15. The van der Waals surface area contributed by atoms with Crippen LogP contribution in [0.4, 0.5) is 5.82 Å². The molecule has 0 aliphatic heterocycles. The minimum atomic E-state index is 0.816. The number of hydrogen-bond donors (Lipinski definition) is 1. The molecule has 0 spiro atoms. The lowest BCUT2D eigenvalue weighted by atomic mass is 10.4. The monoisotopic (exact) mass is 266 g/mol. The molecule has 5 heteroatoms. The molecule has 4 nitrogen and oxygen atoms in total. The van der Waals surface area contributed by atoms with E-state index in [-0.39, 0.29) is 0 Å². The van der Waals surface area contributed by atoms with Crippen LogP contribution >= 0.6 is 15.9 Å². The molecule has 2 aromatic heterocycles. The van der Waals surface area contributed by atoms with E-state index in [0.717, 1.165) is 23.4 Å². The third kappa shape index (κ3) is 3.06. The zero-order valence-electron chi connectivity index (χ0n) is 8.10. The largest absolute Gasteiger partial charge is 0.368 e.